The molecule has 0 radical (unpaired) electrons. The van der Waals surface area contributed by atoms with E-state index >= 15 is 0 Å². The van der Waals surface area contributed by atoms with Gasteiger partial charge < -0.3 is 30.6 Å². The summed E-state index contributed by atoms with van der Waals surface area (Å²) in [4.78, 5) is 20.3. The van der Waals surface area contributed by atoms with Crippen LogP contribution in [0.5, 0.6) is 34.5 Å². The molecule has 0 aliphatic heterocycles. The van der Waals surface area contributed by atoms with Gasteiger partial charge in [-0.1, -0.05) is 0 Å². The molecule has 8 heteroatoms. The lowest BCUT2D eigenvalue weighted by atomic mass is 10.2. The van der Waals surface area contributed by atoms with Crippen LogP contribution in [0.25, 0.3) is 0 Å². The minimum atomic E-state index is -0.433. The lowest BCUT2D eigenvalue weighted by Gasteiger charge is -2.00. The van der Waals surface area contributed by atoms with Crippen LogP contribution in [0.3, 0.4) is 0 Å². The Morgan fingerprint density at radius 2 is 0.773 bits per heavy atom. The Morgan fingerprint density at radius 1 is 0.545 bits per heavy atom. The molecule has 0 aromatic heterocycles. The fourth-order valence-corrected chi connectivity index (χ4v) is 1.46. The van der Waals surface area contributed by atoms with Gasteiger partial charge in [-0.2, -0.15) is 0 Å². The minimum Gasteiger partial charge on any atom is -0.508 e. The standard InChI is InChI=1S/2C7H6O4/c2*8-3-5-6(10)1-4(9)2-7(5)11/h2*1-3,9-11H. The number of phenolic OH excluding ortho intramolecular Hbond substituents is 6. The highest BCUT2D eigenvalue weighted by Gasteiger charge is 2.08. The SMILES string of the molecule is O=Cc1c(O)cc(O)cc1O.O=Cc1c(O)cc(O)cc1O. The van der Waals surface area contributed by atoms with E-state index in [1.165, 1.54) is 0 Å². The van der Waals surface area contributed by atoms with Crippen molar-refractivity contribution in [2.75, 3.05) is 0 Å². The van der Waals surface area contributed by atoms with E-state index in [2.05, 4.69) is 0 Å². The van der Waals surface area contributed by atoms with E-state index in [4.69, 9.17) is 30.6 Å². The molecule has 8 nitrogen and oxygen atoms in total. The van der Waals surface area contributed by atoms with Crippen molar-refractivity contribution in [3.8, 4) is 34.5 Å². The fraction of sp³-hybridized carbons (Fsp3) is 0. The van der Waals surface area contributed by atoms with Crippen LogP contribution in [0, 0.1) is 0 Å². The number of rotatable bonds is 2. The first-order valence-electron chi connectivity index (χ1n) is 5.70. The van der Waals surface area contributed by atoms with Crippen molar-refractivity contribution in [2.45, 2.75) is 0 Å². The molecule has 2 rings (SSSR count). The molecule has 0 fully saturated rings. The number of benzene rings is 2. The number of phenols is 6. The molecule has 116 valence electrons. The number of carbonyl (C=O) groups is 2. The average Bonchev–Trinajstić information content (AvgIpc) is 2.38. The summed E-state index contributed by atoms with van der Waals surface area (Å²) in [6.07, 6.45) is 0.619. The highest BCUT2D eigenvalue weighted by molar-refractivity contribution is 5.84. The quantitative estimate of drug-likeness (QED) is 0.452. The van der Waals surface area contributed by atoms with Crippen LogP contribution in [0.2, 0.25) is 0 Å². The average molecular weight is 308 g/mol. The maximum absolute atomic E-state index is 10.2. The molecule has 0 unspecified atom stereocenters. The smallest absolute Gasteiger partial charge is 0.157 e. The molecule has 6 N–H and O–H groups in total. The largest absolute Gasteiger partial charge is 0.508 e. The normalized spacial score (nSPS) is 9.45. The Kier molecular flexibility index (Phi) is 5.17. The van der Waals surface area contributed by atoms with Crippen molar-refractivity contribution in [3.05, 3.63) is 35.4 Å². The zero-order valence-electron chi connectivity index (χ0n) is 11.0. The van der Waals surface area contributed by atoms with E-state index in [0.717, 1.165) is 24.3 Å². The molecule has 0 amide bonds. The Balaban J connectivity index is 0.000000220. The van der Waals surface area contributed by atoms with Gasteiger partial charge in [0.05, 0.1) is 11.1 Å². The molecular formula is C14H12O8. The second kappa shape index (κ2) is 6.84. The number of hydrogen-bond acceptors (Lipinski definition) is 8. The van der Waals surface area contributed by atoms with Crippen molar-refractivity contribution in [3.63, 3.8) is 0 Å². The second-order valence-corrected chi connectivity index (χ2v) is 4.03. The summed E-state index contributed by atoms with van der Waals surface area (Å²) in [6.45, 7) is 0. The summed E-state index contributed by atoms with van der Waals surface area (Å²) in [5.74, 6) is -2.30. The van der Waals surface area contributed by atoms with Gasteiger partial charge in [0.15, 0.2) is 12.6 Å². The number of carbonyl (C=O) groups excluding carboxylic acids is 2. The zero-order chi connectivity index (χ0) is 16.9. The summed E-state index contributed by atoms with van der Waals surface area (Å²) in [7, 11) is 0. The van der Waals surface area contributed by atoms with Gasteiger partial charge in [0.2, 0.25) is 0 Å². The molecule has 0 aliphatic rings. The molecule has 0 aliphatic carbocycles. The van der Waals surface area contributed by atoms with Crippen LogP contribution in [0.4, 0.5) is 0 Å². The van der Waals surface area contributed by atoms with Crippen molar-refractivity contribution in [2.24, 2.45) is 0 Å². The minimum absolute atomic E-state index is 0.220. The van der Waals surface area contributed by atoms with Gasteiger partial charge >= 0.3 is 0 Å². The highest BCUT2D eigenvalue weighted by atomic mass is 16.3. The van der Waals surface area contributed by atoms with Crippen LogP contribution >= 0.6 is 0 Å². The maximum Gasteiger partial charge on any atom is 0.157 e. The summed E-state index contributed by atoms with van der Waals surface area (Å²) >= 11 is 0. The van der Waals surface area contributed by atoms with Gasteiger partial charge in [0.1, 0.15) is 34.5 Å². The van der Waals surface area contributed by atoms with E-state index in [-0.39, 0.29) is 22.6 Å². The molecule has 2 aromatic rings. The van der Waals surface area contributed by atoms with Crippen molar-refractivity contribution in [1.29, 1.82) is 0 Å². The molecule has 22 heavy (non-hydrogen) atoms. The predicted molar refractivity (Wildman–Crippen MR) is 73.6 cm³/mol. The second-order valence-electron chi connectivity index (χ2n) is 4.03. The third-order valence-electron chi connectivity index (χ3n) is 2.48. The van der Waals surface area contributed by atoms with Crippen LogP contribution < -0.4 is 0 Å². The van der Waals surface area contributed by atoms with E-state index < -0.39 is 23.0 Å². The molecule has 0 bridgehead atoms. The Hall–Kier alpha value is -3.42. The lowest BCUT2D eigenvalue weighted by molar-refractivity contribution is 0.111. The zero-order valence-corrected chi connectivity index (χ0v) is 11.0. The molecule has 0 spiro atoms. The van der Waals surface area contributed by atoms with Gasteiger partial charge in [-0.05, 0) is 0 Å². The van der Waals surface area contributed by atoms with Crippen LogP contribution in [0.1, 0.15) is 20.7 Å². The van der Waals surface area contributed by atoms with Crippen molar-refractivity contribution < 1.29 is 40.2 Å². The summed E-state index contributed by atoms with van der Waals surface area (Å²) < 4.78 is 0. The first-order chi connectivity index (χ1) is 10.3. The van der Waals surface area contributed by atoms with Crippen LogP contribution in [-0.4, -0.2) is 43.2 Å². The molecule has 0 heterocycles. The number of aromatic hydroxyl groups is 6. The van der Waals surface area contributed by atoms with Gasteiger partial charge in [-0.3, -0.25) is 9.59 Å². The van der Waals surface area contributed by atoms with E-state index in [0.29, 0.717) is 12.6 Å². The van der Waals surface area contributed by atoms with E-state index in [1.54, 1.807) is 0 Å². The van der Waals surface area contributed by atoms with Crippen molar-refractivity contribution >= 4 is 12.6 Å². The third-order valence-corrected chi connectivity index (χ3v) is 2.48. The molecule has 0 saturated carbocycles. The van der Waals surface area contributed by atoms with E-state index in [1.807, 2.05) is 0 Å². The summed E-state index contributed by atoms with van der Waals surface area (Å²) in [5, 5.41) is 53.2. The molecular weight excluding hydrogens is 296 g/mol. The Bertz CT molecular complexity index is 600. The van der Waals surface area contributed by atoms with Crippen molar-refractivity contribution in [1.82, 2.24) is 0 Å². The first-order valence-corrected chi connectivity index (χ1v) is 5.70. The fourth-order valence-electron chi connectivity index (χ4n) is 1.46. The molecule has 2 aromatic carbocycles. The summed E-state index contributed by atoms with van der Waals surface area (Å²) in [5.41, 5.74) is -0.439. The number of hydrogen-bond donors (Lipinski definition) is 6. The Labute approximate surface area is 123 Å². The highest BCUT2D eigenvalue weighted by Crippen LogP contribution is 2.30. The third kappa shape index (κ3) is 3.79. The number of aldehydes is 2. The maximum atomic E-state index is 10.2. The van der Waals surface area contributed by atoms with E-state index in [9.17, 15) is 9.59 Å². The Morgan fingerprint density at radius 3 is 0.955 bits per heavy atom. The summed E-state index contributed by atoms with van der Waals surface area (Å²) in [6, 6.07) is 3.90. The van der Waals surface area contributed by atoms with Crippen LogP contribution in [-0.2, 0) is 0 Å². The molecule has 0 atom stereocenters. The van der Waals surface area contributed by atoms with Gasteiger partial charge in [-0.15, -0.1) is 0 Å². The van der Waals surface area contributed by atoms with Crippen LogP contribution in [0.15, 0.2) is 24.3 Å². The van der Waals surface area contributed by atoms with Gasteiger partial charge in [0, 0.05) is 24.3 Å². The monoisotopic (exact) mass is 308 g/mol. The lowest BCUT2D eigenvalue weighted by Crippen LogP contribution is -1.81. The predicted octanol–water partition coefficient (Wildman–Crippen LogP) is 1.23. The van der Waals surface area contributed by atoms with Gasteiger partial charge in [-0.25, -0.2) is 0 Å². The topological polar surface area (TPSA) is 156 Å². The first kappa shape index (κ1) is 16.6. The molecule has 0 saturated heterocycles. The van der Waals surface area contributed by atoms with Gasteiger partial charge in [0.25, 0.3) is 0 Å².